The molecule has 0 atom stereocenters. The second kappa shape index (κ2) is 689. The molecule has 87 valence electrons. The van der Waals surface area contributed by atoms with Crippen LogP contribution in [-0.2, 0) is 50.3 Å². The molecule has 15 heavy (non-hydrogen) atoms. The molecule has 0 unspecified atom stereocenters. The van der Waals surface area contributed by atoms with Crippen LogP contribution in [0.1, 0.15) is 0 Å². The molecular formula is C6H6CoFeN6Ni. The maximum absolute atomic E-state index is 6.50. The molecule has 0 N–H and O–H groups in total. The van der Waals surface area contributed by atoms with Crippen LogP contribution in [0.5, 0.6) is 0 Å². The van der Waals surface area contributed by atoms with E-state index in [0.717, 1.165) is 0 Å². The third kappa shape index (κ3) is 574. The van der Waals surface area contributed by atoms with Gasteiger partial charge in [0.15, 0.2) is 0 Å². The fourth-order valence-electron chi connectivity index (χ4n) is 0. The molecule has 0 fully saturated rings. The Morgan fingerprint density at radius 2 is 0.400 bits per heavy atom. The number of rotatable bonds is 0. The minimum atomic E-state index is 0. The minimum absolute atomic E-state index is 0. The molecule has 0 saturated carbocycles. The van der Waals surface area contributed by atoms with Crippen molar-refractivity contribution in [1.29, 1.82) is 31.6 Å². The van der Waals surface area contributed by atoms with E-state index < -0.39 is 0 Å². The predicted molar refractivity (Wildman–Crippen MR) is 40.0 cm³/mol. The van der Waals surface area contributed by atoms with Crippen LogP contribution in [-0.4, -0.2) is 0 Å². The van der Waals surface area contributed by atoms with Gasteiger partial charge in [-0.3, -0.25) is 0 Å². The van der Waals surface area contributed by atoms with Gasteiger partial charge in [0.1, 0.15) is 0 Å². The van der Waals surface area contributed by atoms with Crippen LogP contribution in [0.4, 0.5) is 0 Å². The van der Waals surface area contributed by atoms with E-state index in [2.05, 4.69) is 39.4 Å². The first-order chi connectivity index (χ1) is 6.00. The van der Waals surface area contributed by atoms with Gasteiger partial charge in [-0.1, -0.05) is 0 Å². The Labute approximate surface area is 121 Å². The standard InChI is InChI=1S/6CHN.Co.Fe.Ni/c6*1-2;;;/h6*1H;;;. The Morgan fingerprint density at radius 3 is 0.400 bits per heavy atom. The van der Waals surface area contributed by atoms with Crippen molar-refractivity contribution in [2.24, 2.45) is 0 Å². The second-order valence-electron chi connectivity index (χ2n) is 0. The topological polar surface area (TPSA) is 143 Å². The van der Waals surface area contributed by atoms with E-state index in [1.165, 1.54) is 0 Å². The quantitative estimate of drug-likeness (QED) is 0.600. The van der Waals surface area contributed by atoms with Crippen molar-refractivity contribution in [3.8, 4) is 39.4 Å². The normalized spacial score (nSPS) is 0.800. The largest absolute Gasteiger partial charge is 0.202 e. The zero-order valence-electron chi connectivity index (χ0n) is 7.15. The molecule has 0 amide bonds. The van der Waals surface area contributed by atoms with Gasteiger partial charge < -0.3 is 0 Å². The van der Waals surface area contributed by atoms with Gasteiger partial charge in [-0.05, 0) is 0 Å². The van der Waals surface area contributed by atoms with Crippen LogP contribution in [0, 0.1) is 71.0 Å². The van der Waals surface area contributed by atoms with Crippen molar-refractivity contribution < 1.29 is 50.3 Å². The molecule has 0 spiro atoms. The maximum atomic E-state index is 6.50. The van der Waals surface area contributed by atoms with E-state index in [1.807, 2.05) is 0 Å². The second-order valence-corrected chi connectivity index (χ2v) is 0. The van der Waals surface area contributed by atoms with Gasteiger partial charge in [-0.2, -0.15) is 0 Å². The van der Waals surface area contributed by atoms with Gasteiger partial charge in [-0.25, -0.2) is 31.6 Å². The first-order valence-corrected chi connectivity index (χ1v) is 1.55. The van der Waals surface area contributed by atoms with Crippen molar-refractivity contribution in [2.45, 2.75) is 0 Å². The predicted octanol–water partition coefficient (Wildman–Crippen LogP) is 0.831. The van der Waals surface area contributed by atoms with E-state index in [0.29, 0.717) is 0 Å². The Morgan fingerprint density at radius 1 is 0.400 bits per heavy atom. The Balaban J connectivity index is -0.00000000396. The molecular weight excluding hydrogens is 330 g/mol. The number of nitriles is 6. The Bertz CT molecular complexity index is 103. The molecule has 0 aromatic heterocycles. The van der Waals surface area contributed by atoms with Crippen LogP contribution in [0.2, 0.25) is 0 Å². The first-order valence-electron chi connectivity index (χ1n) is 1.55. The summed E-state index contributed by atoms with van der Waals surface area (Å²) in [6.07, 6.45) is 0. The van der Waals surface area contributed by atoms with E-state index in [-0.39, 0.29) is 50.3 Å². The first kappa shape index (κ1) is 105. The smallest absolute Gasteiger partial charge is 0.0462 e. The zero-order chi connectivity index (χ0) is 12.0. The van der Waals surface area contributed by atoms with Crippen molar-refractivity contribution in [3.63, 3.8) is 0 Å². The third-order valence-corrected chi connectivity index (χ3v) is 0. The molecule has 0 aliphatic heterocycles. The fourth-order valence-corrected chi connectivity index (χ4v) is 0. The summed E-state index contributed by atoms with van der Waals surface area (Å²) in [4.78, 5) is 0. The van der Waals surface area contributed by atoms with Gasteiger partial charge in [0.25, 0.3) is 0 Å². The van der Waals surface area contributed by atoms with Crippen LogP contribution in [0.15, 0.2) is 0 Å². The molecule has 9 heteroatoms. The van der Waals surface area contributed by atoms with E-state index in [4.69, 9.17) is 31.6 Å². The summed E-state index contributed by atoms with van der Waals surface area (Å²) in [6.45, 7) is 21.0. The van der Waals surface area contributed by atoms with Crippen LogP contribution >= 0.6 is 0 Å². The van der Waals surface area contributed by atoms with E-state index >= 15 is 0 Å². The Kier molecular flexibility index (Phi) is 4830. The molecule has 6 nitrogen and oxygen atoms in total. The Hall–Kier alpha value is -1.54. The summed E-state index contributed by atoms with van der Waals surface area (Å²) < 4.78 is 0. The van der Waals surface area contributed by atoms with Crippen LogP contribution in [0.25, 0.3) is 0 Å². The summed E-state index contributed by atoms with van der Waals surface area (Å²) >= 11 is 0. The molecule has 0 aromatic carbocycles. The molecule has 0 aliphatic carbocycles. The van der Waals surface area contributed by atoms with Gasteiger partial charge in [0.05, 0.1) is 0 Å². The number of hydrogen-bond acceptors (Lipinski definition) is 6. The molecule has 1 radical (unpaired) electrons. The van der Waals surface area contributed by atoms with E-state index in [9.17, 15) is 0 Å². The van der Waals surface area contributed by atoms with Crippen molar-refractivity contribution in [1.82, 2.24) is 0 Å². The number of nitrogens with zero attached hydrogens (tertiary/aromatic N) is 6. The van der Waals surface area contributed by atoms with Crippen molar-refractivity contribution >= 4 is 0 Å². The van der Waals surface area contributed by atoms with Gasteiger partial charge in [0, 0.05) is 89.8 Å². The fraction of sp³-hybridized carbons (Fsp3) is 0. The minimum Gasteiger partial charge on any atom is -0.202 e. The molecule has 0 bridgehead atoms. The molecule has 0 aromatic rings. The summed E-state index contributed by atoms with van der Waals surface area (Å²) in [5, 5.41) is 39.0. The summed E-state index contributed by atoms with van der Waals surface area (Å²) in [5.74, 6) is 0. The third-order valence-electron chi connectivity index (χ3n) is 0. The maximum Gasteiger partial charge on any atom is 0.0462 e. The van der Waals surface area contributed by atoms with Crippen LogP contribution < -0.4 is 0 Å². The van der Waals surface area contributed by atoms with Crippen LogP contribution in [0.3, 0.4) is 0 Å². The average Bonchev–Trinajstić information content (AvgIpc) is 2.33. The average molecular weight is 336 g/mol. The van der Waals surface area contributed by atoms with Crippen molar-refractivity contribution in [3.05, 3.63) is 0 Å². The monoisotopic (exact) mass is 335 g/mol. The molecule has 0 saturated heterocycles. The summed E-state index contributed by atoms with van der Waals surface area (Å²) in [7, 11) is 0. The van der Waals surface area contributed by atoms with Crippen molar-refractivity contribution in [2.75, 3.05) is 0 Å². The van der Waals surface area contributed by atoms with E-state index in [1.54, 1.807) is 0 Å². The van der Waals surface area contributed by atoms with Gasteiger partial charge in [-0.15, -0.1) is 0 Å². The van der Waals surface area contributed by atoms with Gasteiger partial charge >= 0.3 is 0 Å². The molecule has 0 heterocycles. The molecule has 0 aliphatic rings. The molecule has 0 rings (SSSR count). The number of hydrogen-bond donors (Lipinski definition) is 0. The van der Waals surface area contributed by atoms with Gasteiger partial charge in [0.2, 0.25) is 0 Å². The summed E-state index contributed by atoms with van der Waals surface area (Å²) in [5.41, 5.74) is 0. The zero-order valence-corrected chi connectivity index (χ0v) is 10.3. The SMILES string of the molecule is C#N.C#N.C#N.C#N.C#N.C#N.[Co].[Fe].[Ni]. The summed E-state index contributed by atoms with van der Waals surface area (Å²) in [6, 6.07) is 0.